The van der Waals surface area contributed by atoms with Gasteiger partial charge in [-0.25, -0.2) is 8.42 Å². The lowest BCUT2D eigenvalue weighted by atomic mass is 9.96. The van der Waals surface area contributed by atoms with Crippen LogP contribution in [0.3, 0.4) is 0 Å². The molecule has 0 saturated carbocycles. The van der Waals surface area contributed by atoms with Crippen LogP contribution in [-0.2, 0) is 10.0 Å². The minimum absolute atomic E-state index is 0.0619. The summed E-state index contributed by atoms with van der Waals surface area (Å²) in [6.45, 7) is 2.85. The molecule has 1 aromatic carbocycles. The average Bonchev–Trinajstić information content (AvgIpc) is 2.32. The number of sulfonamides is 1. The van der Waals surface area contributed by atoms with Crippen molar-refractivity contribution in [3.05, 3.63) is 27.7 Å². The number of hydrogen-bond donors (Lipinski definition) is 1. The molecule has 1 aliphatic rings. The zero-order valence-electron chi connectivity index (χ0n) is 10.5. The molecule has 1 saturated heterocycles. The molecule has 1 heterocycles. The van der Waals surface area contributed by atoms with E-state index in [9.17, 15) is 8.42 Å². The van der Waals surface area contributed by atoms with Gasteiger partial charge in [0.2, 0.25) is 10.0 Å². The lowest BCUT2D eigenvalue weighted by Gasteiger charge is -2.34. The Bertz CT molecular complexity index is 579. The SMILES string of the molecule is CC1CN(S(=O)(=O)c2ccc(Br)cc2Cl)CCC1N. The van der Waals surface area contributed by atoms with Gasteiger partial charge in [0.25, 0.3) is 0 Å². The molecule has 7 heteroatoms. The van der Waals surface area contributed by atoms with Crippen molar-refractivity contribution in [2.75, 3.05) is 13.1 Å². The van der Waals surface area contributed by atoms with Crippen LogP contribution in [0.25, 0.3) is 0 Å². The molecule has 0 aliphatic carbocycles. The third-order valence-electron chi connectivity index (χ3n) is 3.45. The van der Waals surface area contributed by atoms with Crippen LogP contribution < -0.4 is 5.73 Å². The monoisotopic (exact) mass is 366 g/mol. The Kier molecular flexibility index (Phi) is 4.57. The van der Waals surface area contributed by atoms with Crippen LogP contribution in [0.15, 0.2) is 27.6 Å². The number of halogens is 2. The number of hydrogen-bond acceptors (Lipinski definition) is 3. The summed E-state index contributed by atoms with van der Waals surface area (Å²) in [5.74, 6) is 0.151. The number of nitrogens with two attached hydrogens (primary N) is 1. The van der Waals surface area contributed by atoms with Crippen molar-refractivity contribution >= 4 is 37.6 Å². The lowest BCUT2D eigenvalue weighted by Crippen LogP contribution is -2.48. The Labute approximate surface area is 127 Å². The highest BCUT2D eigenvalue weighted by Gasteiger charge is 2.33. The fourth-order valence-electron chi connectivity index (χ4n) is 2.17. The molecule has 2 rings (SSSR count). The van der Waals surface area contributed by atoms with Crippen molar-refractivity contribution < 1.29 is 8.42 Å². The molecule has 106 valence electrons. The van der Waals surface area contributed by atoms with Crippen molar-refractivity contribution in [1.29, 1.82) is 0 Å². The van der Waals surface area contributed by atoms with Gasteiger partial charge in [-0.1, -0.05) is 34.5 Å². The van der Waals surface area contributed by atoms with Gasteiger partial charge < -0.3 is 5.73 Å². The van der Waals surface area contributed by atoms with E-state index in [0.29, 0.717) is 19.5 Å². The van der Waals surface area contributed by atoms with E-state index in [4.69, 9.17) is 17.3 Å². The van der Waals surface area contributed by atoms with Crippen LogP contribution >= 0.6 is 27.5 Å². The summed E-state index contributed by atoms with van der Waals surface area (Å²) in [6, 6.07) is 4.86. The fourth-order valence-corrected chi connectivity index (χ4v) is 4.73. The van der Waals surface area contributed by atoms with Crippen molar-refractivity contribution in [2.45, 2.75) is 24.3 Å². The number of benzene rings is 1. The van der Waals surface area contributed by atoms with Gasteiger partial charge in [0.15, 0.2) is 0 Å². The van der Waals surface area contributed by atoms with E-state index < -0.39 is 10.0 Å². The maximum absolute atomic E-state index is 12.6. The van der Waals surface area contributed by atoms with Crippen molar-refractivity contribution in [3.8, 4) is 0 Å². The number of piperidine rings is 1. The van der Waals surface area contributed by atoms with Crippen molar-refractivity contribution in [1.82, 2.24) is 4.31 Å². The maximum atomic E-state index is 12.6. The van der Waals surface area contributed by atoms with E-state index in [1.165, 1.54) is 10.4 Å². The molecule has 1 aliphatic heterocycles. The lowest BCUT2D eigenvalue weighted by molar-refractivity contribution is 0.250. The second kappa shape index (κ2) is 5.69. The predicted octanol–water partition coefficient (Wildman–Crippen LogP) is 2.46. The van der Waals surface area contributed by atoms with Crippen LogP contribution in [0, 0.1) is 5.92 Å². The summed E-state index contributed by atoms with van der Waals surface area (Å²) in [6.07, 6.45) is 0.675. The summed E-state index contributed by atoms with van der Waals surface area (Å²) >= 11 is 9.30. The maximum Gasteiger partial charge on any atom is 0.244 e. The first-order valence-corrected chi connectivity index (χ1v) is 8.64. The van der Waals surface area contributed by atoms with E-state index in [1.807, 2.05) is 6.92 Å². The molecule has 0 aromatic heterocycles. The highest BCUT2D eigenvalue weighted by atomic mass is 79.9. The Balaban J connectivity index is 2.32. The van der Waals surface area contributed by atoms with Crippen molar-refractivity contribution in [3.63, 3.8) is 0 Å². The highest BCUT2D eigenvalue weighted by Crippen LogP contribution is 2.29. The van der Waals surface area contributed by atoms with Crippen LogP contribution in [-0.4, -0.2) is 31.9 Å². The molecule has 19 heavy (non-hydrogen) atoms. The molecule has 0 radical (unpaired) electrons. The molecule has 2 N–H and O–H groups in total. The van der Waals surface area contributed by atoms with E-state index in [0.717, 1.165) is 4.47 Å². The first-order chi connectivity index (χ1) is 8.82. The molecule has 2 atom stereocenters. The Hall–Kier alpha value is -0.140. The van der Waals surface area contributed by atoms with Crippen molar-refractivity contribution in [2.24, 2.45) is 11.7 Å². The van der Waals surface area contributed by atoms with Gasteiger partial charge in [-0.05, 0) is 30.5 Å². The average molecular weight is 368 g/mol. The fraction of sp³-hybridized carbons (Fsp3) is 0.500. The van der Waals surface area contributed by atoms with Gasteiger partial charge in [-0.3, -0.25) is 0 Å². The smallest absolute Gasteiger partial charge is 0.244 e. The minimum Gasteiger partial charge on any atom is -0.327 e. The molecule has 0 spiro atoms. The first-order valence-electron chi connectivity index (χ1n) is 6.03. The van der Waals surface area contributed by atoms with E-state index >= 15 is 0 Å². The summed E-state index contributed by atoms with van der Waals surface area (Å²) < 4.78 is 27.3. The predicted molar refractivity (Wildman–Crippen MR) is 79.7 cm³/mol. The second-order valence-corrected chi connectivity index (χ2v) is 8.10. The standard InChI is InChI=1S/C12H16BrClN2O2S/c1-8-7-16(5-4-11(8)15)19(17,18)12-3-2-9(13)6-10(12)14/h2-3,6,8,11H,4-5,7,15H2,1H3. The molecular formula is C12H16BrClN2O2S. The number of nitrogens with zero attached hydrogens (tertiary/aromatic N) is 1. The Morgan fingerprint density at radius 1 is 1.47 bits per heavy atom. The van der Waals surface area contributed by atoms with Crippen LogP contribution in [0.2, 0.25) is 5.02 Å². The van der Waals surface area contributed by atoms with E-state index in [2.05, 4.69) is 15.9 Å². The minimum atomic E-state index is -3.54. The van der Waals surface area contributed by atoms with Crippen LogP contribution in [0.1, 0.15) is 13.3 Å². The van der Waals surface area contributed by atoms with Gasteiger partial charge in [0, 0.05) is 23.6 Å². The summed E-state index contributed by atoms with van der Waals surface area (Å²) in [5, 5.41) is 0.233. The van der Waals surface area contributed by atoms with Gasteiger partial charge >= 0.3 is 0 Å². The molecule has 0 bridgehead atoms. The van der Waals surface area contributed by atoms with Gasteiger partial charge in [0.05, 0.1) is 5.02 Å². The third kappa shape index (κ3) is 3.13. The van der Waals surface area contributed by atoms with Crippen LogP contribution in [0.4, 0.5) is 0 Å². The quantitative estimate of drug-likeness (QED) is 0.873. The van der Waals surface area contributed by atoms with Gasteiger partial charge in [-0.15, -0.1) is 0 Å². The molecule has 2 unspecified atom stereocenters. The topological polar surface area (TPSA) is 63.4 Å². The summed E-state index contributed by atoms with van der Waals surface area (Å²) in [7, 11) is -3.54. The first kappa shape index (κ1) is 15.3. The Morgan fingerprint density at radius 3 is 2.74 bits per heavy atom. The molecule has 4 nitrogen and oxygen atoms in total. The van der Waals surface area contributed by atoms with E-state index in [-0.39, 0.29) is 21.9 Å². The molecular weight excluding hydrogens is 352 g/mol. The number of rotatable bonds is 2. The van der Waals surface area contributed by atoms with Gasteiger partial charge in [0.1, 0.15) is 4.90 Å². The van der Waals surface area contributed by atoms with E-state index in [1.54, 1.807) is 12.1 Å². The zero-order chi connectivity index (χ0) is 14.2. The normalized spacial score (nSPS) is 25.5. The van der Waals surface area contributed by atoms with Crippen LogP contribution in [0.5, 0.6) is 0 Å². The molecule has 1 aromatic rings. The van der Waals surface area contributed by atoms with Gasteiger partial charge in [-0.2, -0.15) is 4.31 Å². The Morgan fingerprint density at radius 2 is 2.16 bits per heavy atom. The highest BCUT2D eigenvalue weighted by molar-refractivity contribution is 9.10. The third-order valence-corrected chi connectivity index (χ3v) is 6.29. The second-order valence-electron chi connectivity index (χ2n) is 4.87. The molecule has 0 amide bonds. The zero-order valence-corrected chi connectivity index (χ0v) is 13.7. The largest absolute Gasteiger partial charge is 0.327 e. The molecule has 1 fully saturated rings. The summed E-state index contributed by atoms with van der Waals surface area (Å²) in [4.78, 5) is 0.153. The summed E-state index contributed by atoms with van der Waals surface area (Å²) in [5.41, 5.74) is 5.92.